The van der Waals surface area contributed by atoms with E-state index >= 15 is 0 Å². The Labute approximate surface area is 186 Å². The van der Waals surface area contributed by atoms with Gasteiger partial charge in [-0.15, -0.1) is 0 Å². The van der Waals surface area contributed by atoms with Crippen LogP contribution in [0, 0.1) is 25.7 Å². The Morgan fingerprint density at radius 1 is 1.13 bits per heavy atom. The van der Waals surface area contributed by atoms with E-state index in [1.165, 1.54) is 11.1 Å². The summed E-state index contributed by atoms with van der Waals surface area (Å²) in [4.78, 5) is 26.7. The third kappa shape index (κ3) is 4.52. The second-order valence-electron chi connectivity index (χ2n) is 9.43. The van der Waals surface area contributed by atoms with Crippen molar-refractivity contribution in [2.24, 2.45) is 17.6 Å². The van der Waals surface area contributed by atoms with E-state index in [0.717, 1.165) is 17.5 Å². The van der Waals surface area contributed by atoms with E-state index in [2.05, 4.69) is 36.2 Å². The molecule has 0 spiro atoms. The summed E-state index contributed by atoms with van der Waals surface area (Å²) in [6.45, 7) is 8.95. The van der Waals surface area contributed by atoms with Gasteiger partial charge in [-0.05, 0) is 74.7 Å². The van der Waals surface area contributed by atoms with Crippen molar-refractivity contribution in [2.75, 3.05) is 20.6 Å². The van der Waals surface area contributed by atoms with Gasteiger partial charge in [0.15, 0.2) is 0 Å². The minimum absolute atomic E-state index is 0.00367. The molecular formula is C26H35N3O2. The molecule has 1 saturated carbocycles. The first-order valence-corrected chi connectivity index (χ1v) is 11.0. The monoisotopic (exact) mass is 421 g/mol. The summed E-state index contributed by atoms with van der Waals surface area (Å²) in [5, 5.41) is 3.22. The molecule has 4 atom stereocenters. The minimum Gasteiger partial charge on any atom is -0.366 e. The summed E-state index contributed by atoms with van der Waals surface area (Å²) in [7, 11) is 4.07. The van der Waals surface area contributed by atoms with Crippen molar-refractivity contribution in [1.82, 2.24) is 10.2 Å². The van der Waals surface area contributed by atoms with Gasteiger partial charge >= 0.3 is 0 Å². The van der Waals surface area contributed by atoms with Crippen molar-refractivity contribution in [2.45, 2.75) is 45.6 Å². The third-order valence-corrected chi connectivity index (χ3v) is 7.32. The molecule has 1 fully saturated rings. The third-order valence-electron chi connectivity index (χ3n) is 7.32. The Bertz CT molecular complexity index is 947. The van der Waals surface area contributed by atoms with Crippen LogP contribution in [0.4, 0.5) is 0 Å². The van der Waals surface area contributed by atoms with E-state index in [4.69, 9.17) is 5.73 Å². The van der Waals surface area contributed by atoms with Crippen molar-refractivity contribution in [1.29, 1.82) is 0 Å². The van der Waals surface area contributed by atoms with Gasteiger partial charge in [0.05, 0.1) is 5.92 Å². The second kappa shape index (κ2) is 8.83. The number of nitrogens with two attached hydrogens (primary N) is 1. The molecule has 0 aromatic heterocycles. The lowest BCUT2D eigenvalue weighted by Gasteiger charge is -2.26. The molecule has 1 aliphatic carbocycles. The number of likely N-dealkylation sites (N-methyl/N-ethyl adjacent to an activating group) is 1. The van der Waals surface area contributed by atoms with Gasteiger partial charge in [0.1, 0.15) is 0 Å². The molecule has 0 heterocycles. The first kappa shape index (κ1) is 23.0. The van der Waals surface area contributed by atoms with E-state index in [1.807, 2.05) is 58.3 Å². The quantitative estimate of drug-likeness (QED) is 0.687. The number of aryl methyl sites for hydroxylation is 2. The number of rotatable bonds is 8. The predicted octanol–water partition coefficient (Wildman–Crippen LogP) is 3.22. The lowest BCUT2D eigenvalue weighted by atomic mass is 9.93. The fraction of sp³-hybridized carbons (Fsp3) is 0.462. The smallest absolute Gasteiger partial charge is 0.248 e. The van der Waals surface area contributed by atoms with Gasteiger partial charge in [-0.3, -0.25) is 9.59 Å². The van der Waals surface area contributed by atoms with Crippen molar-refractivity contribution in [3.8, 4) is 0 Å². The van der Waals surface area contributed by atoms with E-state index in [0.29, 0.717) is 18.0 Å². The minimum atomic E-state index is -0.408. The molecule has 5 heteroatoms. The maximum atomic E-state index is 13.1. The summed E-state index contributed by atoms with van der Waals surface area (Å²) in [6, 6.07) is 14.2. The molecule has 3 rings (SSSR count). The van der Waals surface area contributed by atoms with E-state index < -0.39 is 5.91 Å². The number of hydrogen-bond acceptors (Lipinski definition) is 3. The van der Waals surface area contributed by atoms with Crippen LogP contribution < -0.4 is 11.1 Å². The molecule has 1 aliphatic rings. The van der Waals surface area contributed by atoms with Crippen LogP contribution in [-0.4, -0.2) is 43.4 Å². The first-order valence-electron chi connectivity index (χ1n) is 11.0. The number of carbonyl (C=O) groups excluding carboxylic acids is 2. The molecule has 31 heavy (non-hydrogen) atoms. The van der Waals surface area contributed by atoms with Crippen LogP contribution in [0.3, 0.4) is 0 Å². The van der Waals surface area contributed by atoms with Crippen LogP contribution >= 0.6 is 0 Å². The molecule has 2 amide bonds. The van der Waals surface area contributed by atoms with Gasteiger partial charge in [-0.1, -0.05) is 44.2 Å². The van der Waals surface area contributed by atoms with Gasteiger partial charge in [0.25, 0.3) is 0 Å². The van der Waals surface area contributed by atoms with Gasteiger partial charge in [-0.2, -0.15) is 0 Å². The van der Waals surface area contributed by atoms with Crippen LogP contribution in [0.2, 0.25) is 0 Å². The molecule has 2 aromatic carbocycles. The zero-order valence-electron chi connectivity index (χ0n) is 19.5. The van der Waals surface area contributed by atoms with Crippen molar-refractivity contribution < 1.29 is 9.59 Å². The standard InChI is InChI=1S/C26H35N3O2/c1-16-12-19(24(27)30)13-17(2)22(16)14-21(29(5)6)15-28-25(31)23-18(3)26(23,4)20-10-8-7-9-11-20/h7-13,18,21,23H,14-15H2,1-6H3,(H2,27,30)(H,28,31)/t18-,21-,23-,26-/m0/s1. The van der Waals surface area contributed by atoms with Crippen molar-refractivity contribution in [3.63, 3.8) is 0 Å². The molecule has 166 valence electrons. The Kier molecular flexibility index (Phi) is 6.56. The molecule has 0 saturated heterocycles. The topological polar surface area (TPSA) is 75.4 Å². The van der Waals surface area contributed by atoms with Gasteiger partial charge in [0, 0.05) is 23.6 Å². The highest BCUT2D eigenvalue weighted by Crippen LogP contribution is 2.59. The Balaban J connectivity index is 1.68. The maximum absolute atomic E-state index is 13.1. The molecule has 0 unspecified atom stereocenters. The largest absolute Gasteiger partial charge is 0.366 e. The summed E-state index contributed by atoms with van der Waals surface area (Å²) in [6.07, 6.45) is 0.792. The SMILES string of the molecule is Cc1cc(C(N)=O)cc(C)c1C[C@@H](CNC(=O)[C@@H]1[C@H](C)[C@@]1(C)c1ccccc1)N(C)C. The van der Waals surface area contributed by atoms with Crippen molar-refractivity contribution in [3.05, 3.63) is 70.3 Å². The average molecular weight is 422 g/mol. The van der Waals surface area contributed by atoms with Crippen molar-refractivity contribution >= 4 is 11.8 Å². The average Bonchev–Trinajstić information content (AvgIpc) is 3.28. The zero-order chi connectivity index (χ0) is 22.9. The second-order valence-corrected chi connectivity index (χ2v) is 9.43. The summed E-state index contributed by atoms with van der Waals surface area (Å²) in [5.41, 5.74) is 10.4. The number of nitrogens with one attached hydrogen (secondary N) is 1. The van der Waals surface area contributed by atoms with Crippen LogP contribution in [-0.2, 0) is 16.6 Å². The molecular weight excluding hydrogens is 386 g/mol. The fourth-order valence-corrected chi connectivity index (χ4v) is 4.93. The molecule has 5 nitrogen and oxygen atoms in total. The van der Waals surface area contributed by atoms with Crippen LogP contribution in [0.25, 0.3) is 0 Å². The Morgan fingerprint density at radius 3 is 2.23 bits per heavy atom. The van der Waals surface area contributed by atoms with Crippen LogP contribution in [0.1, 0.15) is 46.5 Å². The Morgan fingerprint density at radius 2 is 1.71 bits per heavy atom. The summed E-state index contributed by atoms with van der Waals surface area (Å²) < 4.78 is 0. The Hall–Kier alpha value is -2.66. The highest BCUT2D eigenvalue weighted by molar-refractivity contribution is 5.93. The lowest BCUT2D eigenvalue weighted by Crippen LogP contribution is -2.42. The number of primary amides is 1. The van der Waals surface area contributed by atoms with Crippen LogP contribution in [0.5, 0.6) is 0 Å². The summed E-state index contributed by atoms with van der Waals surface area (Å²) >= 11 is 0. The van der Waals surface area contributed by atoms with Gasteiger partial charge in [0.2, 0.25) is 11.8 Å². The lowest BCUT2D eigenvalue weighted by molar-refractivity contribution is -0.123. The molecule has 2 aromatic rings. The maximum Gasteiger partial charge on any atom is 0.248 e. The highest BCUT2D eigenvalue weighted by Gasteiger charge is 2.62. The van der Waals surface area contributed by atoms with Crippen LogP contribution in [0.15, 0.2) is 42.5 Å². The molecule has 0 radical (unpaired) electrons. The predicted molar refractivity (Wildman–Crippen MR) is 125 cm³/mol. The molecule has 0 bridgehead atoms. The normalized spacial score (nSPS) is 23.5. The fourth-order valence-electron chi connectivity index (χ4n) is 4.93. The number of carbonyl (C=O) groups is 2. The zero-order valence-corrected chi connectivity index (χ0v) is 19.5. The highest BCUT2D eigenvalue weighted by atomic mass is 16.2. The van der Waals surface area contributed by atoms with E-state index in [1.54, 1.807) is 0 Å². The summed E-state index contributed by atoms with van der Waals surface area (Å²) in [5.74, 6) is 0.0342. The number of nitrogens with zero attached hydrogens (tertiary/aromatic N) is 1. The number of benzene rings is 2. The van der Waals surface area contributed by atoms with E-state index in [9.17, 15) is 9.59 Å². The molecule has 3 N–H and O–H groups in total. The van der Waals surface area contributed by atoms with Gasteiger partial charge < -0.3 is 16.0 Å². The van der Waals surface area contributed by atoms with Gasteiger partial charge in [-0.25, -0.2) is 0 Å². The number of amides is 2. The number of hydrogen-bond donors (Lipinski definition) is 2. The van der Waals surface area contributed by atoms with E-state index in [-0.39, 0.29) is 23.3 Å². The molecule has 0 aliphatic heterocycles. The first-order chi connectivity index (χ1) is 14.6.